The highest BCUT2D eigenvalue weighted by molar-refractivity contribution is 6.01. The zero-order valence-corrected chi connectivity index (χ0v) is 13.0. The van der Waals surface area contributed by atoms with Crippen molar-refractivity contribution in [1.29, 1.82) is 0 Å². The van der Waals surface area contributed by atoms with Gasteiger partial charge in [0.25, 0.3) is 5.56 Å². The van der Waals surface area contributed by atoms with Gasteiger partial charge < -0.3 is 14.9 Å². The van der Waals surface area contributed by atoms with Crippen molar-refractivity contribution < 1.29 is 18.7 Å². The lowest BCUT2D eigenvalue weighted by Crippen LogP contribution is -2.42. The van der Waals surface area contributed by atoms with E-state index in [2.05, 4.69) is 0 Å². The van der Waals surface area contributed by atoms with E-state index in [1.807, 2.05) is 0 Å². The van der Waals surface area contributed by atoms with Crippen LogP contribution in [0.1, 0.15) is 16.1 Å². The highest BCUT2D eigenvalue weighted by atomic mass is 16.5. The number of aromatic nitrogens is 2. The molecule has 0 bridgehead atoms. The number of esters is 1. The molecule has 0 radical (unpaired) electrons. The van der Waals surface area contributed by atoms with Crippen LogP contribution in [0.2, 0.25) is 0 Å². The summed E-state index contributed by atoms with van der Waals surface area (Å²) in [6, 6.07) is 3.27. The van der Waals surface area contributed by atoms with Crippen molar-refractivity contribution in [3.8, 4) is 0 Å². The minimum Gasteiger partial charge on any atom is -0.465 e. The van der Waals surface area contributed by atoms with Gasteiger partial charge in [0.1, 0.15) is 17.1 Å². The summed E-state index contributed by atoms with van der Waals surface area (Å²) in [5, 5.41) is 0. The molecule has 0 saturated carbocycles. The first-order valence-corrected chi connectivity index (χ1v) is 6.80. The second-order valence-corrected chi connectivity index (χ2v) is 4.85. The molecule has 0 aliphatic carbocycles. The van der Waals surface area contributed by atoms with Gasteiger partial charge in [0.05, 0.1) is 6.26 Å². The fraction of sp³-hybridized carbons (Fsp3) is 0.200. The second kappa shape index (κ2) is 6.82. The molecular formula is C15H15N3O6. The predicted molar refractivity (Wildman–Crippen MR) is 84.4 cm³/mol. The Morgan fingerprint density at radius 3 is 2.62 bits per heavy atom. The smallest absolute Gasteiger partial charge is 0.332 e. The van der Waals surface area contributed by atoms with Crippen molar-refractivity contribution in [2.24, 2.45) is 14.1 Å². The summed E-state index contributed by atoms with van der Waals surface area (Å²) in [6.45, 7) is -0.682. The van der Waals surface area contributed by atoms with Crippen LogP contribution in [0.25, 0.3) is 6.08 Å². The number of hydrogen-bond acceptors (Lipinski definition) is 7. The van der Waals surface area contributed by atoms with Gasteiger partial charge in [0.15, 0.2) is 6.61 Å². The van der Waals surface area contributed by atoms with Crippen LogP contribution >= 0.6 is 0 Å². The Labute approximate surface area is 135 Å². The fourth-order valence-electron chi connectivity index (χ4n) is 1.92. The van der Waals surface area contributed by atoms with E-state index in [-0.39, 0.29) is 5.82 Å². The first-order chi connectivity index (χ1) is 11.3. The number of furan rings is 1. The van der Waals surface area contributed by atoms with Crippen LogP contribution in [0, 0.1) is 0 Å². The summed E-state index contributed by atoms with van der Waals surface area (Å²) in [5.41, 5.74) is 3.74. The summed E-state index contributed by atoms with van der Waals surface area (Å²) >= 11 is 0. The SMILES string of the molecule is Cn1c(N)c(C(=O)COC(=O)C=Cc2ccco2)c(=O)n(C)c1=O. The van der Waals surface area contributed by atoms with E-state index in [0.717, 1.165) is 15.2 Å². The first kappa shape index (κ1) is 17.0. The van der Waals surface area contributed by atoms with Crippen LogP contribution in [0.3, 0.4) is 0 Å². The van der Waals surface area contributed by atoms with Crippen LogP contribution in [0.4, 0.5) is 5.82 Å². The highest BCUT2D eigenvalue weighted by Crippen LogP contribution is 2.05. The molecule has 9 nitrogen and oxygen atoms in total. The number of carbonyl (C=O) groups excluding carboxylic acids is 2. The van der Waals surface area contributed by atoms with E-state index in [4.69, 9.17) is 14.9 Å². The highest BCUT2D eigenvalue weighted by Gasteiger charge is 2.21. The molecule has 24 heavy (non-hydrogen) atoms. The lowest BCUT2D eigenvalue weighted by Gasteiger charge is -2.10. The maximum absolute atomic E-state index is 12.1. The average Bonchev–Trinajstić information content (AvgIpc) is 3.08. The van der Waals surface area contributed by atoms with E-state index >= 15 is 0 Å². The van der Waals surface area contributed by atoms with E-state index in [9.17, 15) is 19.2 Å². The third-order valence-electron chi connectivity index (χ3n) is 3.26. The number of ether oxygens (including phenoxy) is 1. The molecular weight excluding hydrogens is 318 g/mol. The lowest BCUT2D eigenvalue weighted by atomic mass is 10.2. The Kier molecular flexibility index (Phi) is 4.83. The molecule has 0 fully saturated rings. The van der Waals surface area contributed by atoms with Gasteiger partial charge in [-0.25, -0.2) is 9.59 Å². The summed E-state index contributed by atoms with van der Waals surface area (Å²) in [7, 11) is 2.55. The minimum absolute atomic E-state index is 0.282. The number of anilines is 1. The van der Waals surface area contributed by atoms with E-state index in [1.54, 1.807) is 12.1 Å². The molecule has 0 saturated heterocycles. The predicted octanol–water partition coefficient (Wildman–Crippen LogP) is -0.302. The topological polar surface area (TPSA) is 127 Å². The molecule has 2 aromatic heterocycles. The van der Waals surface area contributed by atoms with E-state index < -0.39 is 35.2 Å². The first-order valence-electron chi connectivity index (χ1n) is 6.80. The summed E-state index contributed by atoms with van der Waals surface area (Å²) < 4.78 is 11.5. The van der Waals surface area contributed by atoms with Crippen molar-refractivity contribution in [2.75, 3.05) is 12.3 Å². The normalized spacial score (nSPS) is 10.9. The molecule has 0 aliphatic heterocycles. The quantitative estimate of drug-likeness (QED) is 0.452. The number of nitrogen functional groups attached to an aromatic ring is 1. The molecule has 0 atom stereocenters. The van der Waals surface area contributed by atoms with Crippen LogP contribution in [-0.4, -0.2) is 27.5 Å². The number of nitrogens with two attached hydrogens (primary N) is 1. The third-order valence-corrected chi connectivity index (χ3v) is 3.26. The summed E-state index contributed by atoms with van der Waals surface area (Å²) in [6.07, 6.45) is 3.88. The van der Waals surface area contributed by atoms with Gasteiger partial charge in [-0.2, -0.15) is 0 Å². The number of carbonyl (C=O) groups is 2. The number of hydrogen-bond donors (Lipinski definition) is 1. The average molecular weight is 333 g/mol. The molecule has 126 valence electrons. The maximum atomic E-state index is 12.1. The van der Waals surface area contributed by atoms with Gasteiger partial charge in [-0.05, 0) is 18.2 Å². The Morgan fingerprint density at radius 1 is 1.29 bits per heavy atom. The molecule has 2 aromatic rings. The number of Topliss-reactive ketones (excluding diaryl/α,β-unsaturated/α-hetero) is 1. The molecule has 0 unspecified atom stereocenters. The Bertz CT molecular complexity index is 918. The van der Waals surface area contributed by atoms with Crippen molar-refractivity contribution in [3.63, 3.8) is 0 Å². The molecule has 2 N–H and O–H groups in total. The summed E-state index contributed by atoms with van der Waals surface area (Å²) in [4.78, 5) is 47.4. The fourth-order valence-corrected chi connectivity index (χ4v) is 1.92. The van der Waals surface area contributed by atoms with E-state index in [0.29, 0.717) is 5.76 Å². The van der Waals surface area contributed by atoms with Crippen molar-refractivity contribution in [2.45, 2.75) is 0 Å². The van der Waals surface area contributed by atoms with Crippen LogP contribution in [0.15, 0.2) is 38.5 Å². The number of nitrogens with zero attached hydrogens (tertiary/aromatic N) is 2. The van der Waals surface area contributed by atoms with Gasteiger partial charge >= 0.3 is 11.7 Å². The monoisotopic (exact) mass is 333 g/mol. The maximum Gasteiger partial charge on any atom is 0.332 e. The van der Waals surface area contributed by atoms with Crippen LogP contribution in [0.5, 0.6) is 0 Å². The molecule has 9 heteroatoms. The Balaban J connectivity index is 2.12. The molecule has 0 aliphatic rings. The standard InChI is InChI=1S/C15H15N3O6/c1-17-13(16)12(14(21)18(2)15(17)22)10(19)8-24-11(20)6-5-9-4-3-7-23-9/h3-7H,8,16H2,1-2H3. The third kappa shape index (κ3) is 3.35. The number of rotatable bonds is 5. The molecule has 2 rings (SSSR count). The minimum atomic E-state index is -0.845. The van der Waals surface area contributed by atoms with Crippen LogP contribution < -0.4 is 17.0 Å². The van der Waals surface area contributed by atoms with Gasteiger partial charge in [0.2, 0.25) is 5.78 Å². The summed E-state index contributed by atoms with van der Waals surface area (Å²) in [5.74, 6) is -1.44. The van der Waals surface area contributed by atoms with Crippen LogP contribution in [-0.2, 0) is 23.6 Å². The molecule has 0 aromatic carbocycles. The largest absolute Gasteiger partial charge is 0.465 e. The second-order valence-electron chi connectivity index (χ2n) is 4.85. The van der Waals surface area contributed by atoms with Crippen molar-refractivity contribution in [3.05, 3.63) is 56.6 Å². The molecule has 0 amide bonds. The van der Waals surface area contributed by atoms with Crippen molar-refractivity contribution >= 4 is 23.6 Å². The zero-order chi connectivity index (χ0) is 17.9. The van der Waals surface area contributed by atoms with Gasteiger partial charge in [-0.15, -0.1) is 0 Å². The van der Waals surface area contributed by atoms with Gasteiger partial charge in [-0.1, -0.05) is 0 Å². The van der Waals surface area contributed by atoms with Gasteiger partial charge in [0, 0.05) is 20.2 Å². The van der Waals surface area contributed by atoms with Gasteiger partial charge in [-0.3, -0.25) is 18.7 Å². The van der Waals surface area contributed by atoms with E-state index in [1.165, 1.54) is 26.4 Å². The molecule has 0 spiro atoms. The lowest BCUT2D eigenvalue weighted by molar-refractivity contribution is -0.136. The van der Waals surface area contributed by atoms with Crippen molar-refractivity contribution in [1.82, 2.24) is 9.13 Å². The zero-order valence-electron chi connectivity index (χ0n) is 13.0. The Morgan fingerprint density at radius 2 is 2.00 bits per heavy atom. The molecule has 2 heterocycles. The Hall–Kier alpha value is -3.36. The number of ketones is 1.